The molecule has 0 aromatic rings. The molecule has 1 aliphatic rings. The first-order valence-corrected chi connectivity index (χ1v) is 5.94. The summed E-state index contributed by atoms with van der Waals surface area (Å²) in [6.45, 7) is 7.85. The minimum Gasteiger partial charge on any atom is -0.396 e. The lowest BCUT2D eigenvalue weighted by atomic mass is 9.95. The van der Waals surface area contributed by atoms with E-state index in [4.69, 9.17) is 9.84 Å². The van der Waals surface area contributed by atoms with E-state index < -0.39 is 0 Å². The average Bonchev–Trinajstić information content (AvgIpc) is 2.44. The van der Waals surface area contributed by atoms with Crippen molar-refractivity contribution in [2.24, 2.45) is 5.92 Å². The van der Waals surface area contributed by atoms with E-state index in [1.807, 2.05) is 27.7 Å². The summed E-state index contributed by atoms with van der Waals surface area (Å²) in [5.41, 5.74) is -0.350. The highest BCUT2D eigenvalue weighted by Crippen LogP contribution is 2.26. The summed E-state index contributed by atoms with van der Waals surface area (Å²) in [6.07, 6.45) is 1.49. The lowest BCUT2D eigenvalue weighted by Gasteiger charge is -2.27. The smallest absolute Gasteiger partial charge is 0.226 e. The maximum Gasteiger partial charge on any atom is 0.226 e. The van der Waals surface area contributed by atoms with Gasteiger partial charge in [-0.05, 0) is 40.5 Å². The molecule has 4 nitrogen and oxygen atoms in total. The van der Waals surface area contributed by atoms with E-state index in [-0.39, 0.29) is 36.2 Å². The molecule has 4 heteroatoms. The predicted molar refractivity (Wildman–Crippen MR) is 62.0 cm³/mol. The van der Waals surface area contributed by atoms with Crippen LogP contribution in [0.1, 0.15) is 40.5 Å². The third kappa shape index (κ3) is 3.46. The van der Waals surface area contributed by atoms with Gasteiger partial charge in [0.1, 0.15) is 0 Å². The number of ether oxygens (including phenoxy) is 1. The molecule has 0 aromatic heterocycles. The van der Waals surface area contributed by atoms with Gasteiger partial charge in [-0.3, -0.25) is 4.79 Å². The van der Waals surface area contributed by atoms with E-state index in [1.165, 1.54) is 0 Å². The fraction of sp³-hybridized carbons (Fsp3) is 0.917. The average molecular weight is 229 g/mol. The highest BCUT2D eigenvalue weighted by atomic mass is 16.5. The van der Waals surface area contributed by atoms with E-state index in [0.717, 1.165) is 6.42 Å². The minimum absolute atomic E-state index is 0.0140. The van der Waals surface area contributed by atoms with E-state index in [1.54, 1.807) is 0 Å². The second-order valence-corrected chi connectivity index (χ2v) is 5.34. The molecule has 3 atom stereocenters. The predicted octanol–water partition coefficient (Wildman–Crippen LogP) is 1.08. The second-order valence-electron chi connectivity index (χ2n) is 5.34. The molecule has 0 radical (unpaired) electrons. The monoisotopic (exact) mass is 229 g/mol. The van der Waals surface area contributed by atoms with Crippen molar-refractivity contribution in [2.45, 2.75) is 58.3 Å². The number of carbonyl (C=O) groups excluding carboxylic acids is 1. The number of aliphatic hydroxyl groups excluding tert-OH is 1. The Bertz CT molecular complexity index is 253. The second kappa shape index (κ2) is 5.15. The maximum atomic E-state index is 12.0. The van der Waals surface area contributed by atoms with Crippen molar-refractivity contribution in [3.05, 3.63) is 0 Å². The van der Waals surface area contributed by atoms with E-state index in [2.05, 4.69) is 5.32 Å². The number of aliphatic hydroxyl groups is 1. The van der Waals surface area contributed by atoms with Crippen LogP contribution in [0.15, 0.2) is 0 Å². The van der Waals surface area contributed by atoms with Gasteiger partial charge in [-0.1, -0.05) is 0 Å². The van der Waals surface area contributed by atoms with Gasteiger partial charge in [-0.25, -0.2) is 0 Å². The van der Waals surface area contributed by atoms with Crippen molar-refractivity contribution < 1.29 is 14.6 Å². The highest BCUT2D eigenvalue weighted by molar-refractivity contribution is 5.80. The molecule has 1 rings (SSSR count). The summed E-state index contributed by atoms with van der Waals surface area (Å²) in [5.74, 6) is -0.0248. The first-order chi connectivity index (χ1) is 7.35. The Labute approximate surface area is 97.4 Å². The number of hydrogen-bond donors (Lipinski definition) is 2. The van der Waals surface area contributed by atoms with Crippen LogP contribution in [0.2, 0.25) is 0 Å². The Morgan fingerprint density at radius 2 is 2.12 bits per heavy atom. The van der Waals surface area contributed by atoms with E-state index in [9.17, 15) is 4.79 Å². The maximum absolute atomic E-state index is 12.0. The van der Waals surface area contributed by atoms with Crippen LogP contribution in [0.5, 0.6) is 0 Å². The van der Waals surface area contributed by atoms with Crippen molar-refractivity contribution in [2.75, 3.05) is 6.61 Å². The molecule has 1 fully saturated rings. The fourth-order valence-corrected chi connectivity index (χ4v) is 2.15. The summed E-state index contributed by atoms with van der Waals surface area (Å²) in [4.78, 5) is 12.0. The normalized spacial score (nSPS) is 30.4. The van der Waals surface area contributed by atoms with Gasteiger partial charge in [0, 0.05) is 12.1 Å². The summed E-state index contributed by atoms with van der Waals surface area (Å²) in [5, 5.41) is 11.9. The Morgan fingerprint density at radius 3 is 2.56 bits per heavy atom. The first-order valence-electron chi connectivity index (χ1n) is 5.94. The number of nitrogens with one attached hydrogen (secondary N) is 1. The van der Waals surface area contributed by atoms with Crippen LogP contribution in [0.25, 0.3) is 0 Å². The van der Waals surface area contributed by atoms with Crippen molar-refractivity contribution in [1.82, 2.24) is 5.32 Å². The van der Waals surface area contributed by atoms with E-state index in [0.29, 0.717) is 6.42 Å². The van der Waals surface area contributed by atoms with Gasteiger partial charge in [0.15, 0.2) is 0 Å². The SMILES string of the molecule is CC1CC(C(=O)NC(C)(C)CCO)C(C)O1. The molecule has 0 aromatic carbocycles. The molecule has 1 amide bonds. The lowest BCUT2D eigenvalue weighted by Crippen LogP contribution is -2.47. The standard InChI is InChI=1S/C12H23NO3/c1-8-7-10(9(2)16-8)11(15)13-12(3,4)5-6-14/h8-10,14H,5-7H2,1-4H3,(H,13,15). The molecule has 1 aliphatic heterocycles. The van der Waals surface area contributed by atoms with Crippen LogP contribution < -0.4 is 5.32 Å². The van der Waals surface area contributed by atoms with Crippen molar-refractivity contribution in [3.63, 3.8) is 0 Å². The van der Waals surface area contributed by atoms with Crippen LogP contribution >= 0.6 is 0 Å². The van der Waals surface area contributed by atoms with Crippen LogP contribution in [-0.2, 0) is 9.53 Å². The van der Waals surface area contributed by atoms with Crippen molar-refractivity contribution >= 4 is 5.91 Å². The molecule has 1 heterocycles. The van der Waals surface area contributed by atoms with Crippen LogP contribution in [-0.4, -0.2) is 35.4 Å². The summed E-state index contributed by atoms with van der Waals surface area (Å²) in [6, 6.07) is 0. The zero-order chi connectivity index (χ0) is 12.3. The largest absolute Gasteiger partial charge is 0.396 e. The first kappa shape index (κ1) is 13.5. The molecule has 0 aliphatic carbocycles. The number of rotatable bonds is 4. The molecular weight excluding hydrogens is 206 g/mol. The third-order valence-corrected chi connectivity index (χ3v) is 3.13. The quantitative estimate of drug-likeness (QED) is 0.758. The van der Waals surface area contributed by atoms with Gasteiger partial charge in [-0.2, -0.15) is 0 Å². The number of amides is 1. The van der Waals surface area contributed by atoms with Gasteiger partial charge in [0.05, 0.1) is 18.1 Å². The molecule has 0 bridgehead atoms. The Morgan fingerprint density at radius 1 is 1.50 bits per heavy atom. The minimum atomic E-state index is -0.350. The Kier molecular flexibility index (Phi) is 4.33. The summed E-state index contributed by atoms with van der Waals surface area (Å²) >= 11 is 0. The Hall–Kier alpha value is -0.610. The van der Waals surface area contributed by atoms with Crippen LogP contribution in [0.4, 0.5) is 0 Å². The van der Waals surface area contributed by atoms with Gasteiger partial charge in [-0.15, -0.1) is 0 Å². The lowest BCUT2D eigenvalue weighted by molar-refractivity contribution is -0.128. The van der Waals surface area contributed by atoms with E-state index >= 15 is 0 Å². The molecule has 0 spiro atoms. The van der Waals surface area contributed by atoms with Crippen molar-refractivity contribution in [1.29, 1.82) is 0 Å². The zero-order valence-corrected chi connectivity index (χ0v) is 10.6. The molecule has 94 valence electrons. The molecule has 2 N–H and O–H groups in total. The molecular formula is C12H23NO3. The van der Waals surface area contributed by atoms with Gasteiger partial charge in [0.2, 0.25) is 5.91 Å². The highest BCUT2D eigenvalue weighted by Gasteiger charge is 2.36. The summed E-state index contributed by atoms with van der Waals surface area (Å²) in [7, 11) is 0. The fourth-order valence-electron chi connectivity index (χ4n) is 2.15. The topological polar surface area (TPSA) is 58.6 Å². The molecule has 0 saturated carbocycles. The van der Waals surface area contributed by atoms with Crippen LogP contribution in [0, 0.1) is 5.92 Å². The number of hydrogen-bond acceptors (Lipinski definition) is 3. The molecule has 16 heavy (non-hydrogen) atoms. The number of carbonyl (C=O) groups is 1. The van der Waals surface area contributed by atoms with Gasteiger partial charge < -0.3 is 15.2 Å². The van der Waals surface area contributed by atoms with Gasteiger partial charge in [0.25, 0.3) is 0 Å². The Balaban J connectivity index is 2.52. The van der Waals surface area contributed by atoms with Crippen LogP contribution in [0.3, 0.4) is 0 Å². The van der Waals surface area contributed by atoms with Gasteiger partial charge >= 0.3 is 0 Å². The summed E-state index contributed by atoms with van der Waals surface area (Å²) < 4.78 is 5.56. The molecule has 1 saturated heterocycles. The zero-order valence-electron chi connectivity index (χ0n) is 10.6. The molecule has 3 unspecified atom stereocenters. The van der Waals surface area contributed by atoms with Crippen molar-refractivity contribution in [3.8, 4) is 0 Å². The third-order valence-electron chi connectivity index (χ3n) is 3.13.